The first kappa shape index (κ1) is 25.0. The van der Waals surface area contributed by atoms with Crippen molar-refractivity contribution in [1.29, 1.82) is 0 Å². The van der Waals surface area contributed by atoms with Gasteiger partial charge in [-0.25, -0.2) is 0 Å². The van der Waals surface area contributed by atoms with E-state index in [1.54, 1.807) is 0 Å². The van der Waals surface area contributed by atoms with Crippen molar-refractivity contribution in [3.05, 3.63) is 107 Å². The van der Waals surface area contributed by atoms with Crippen molar-refractivity contribution < 1.29 is 22.7 Å². The number of benzene rings is 3. The molecular formula is C29H30F3NO2. The van der Waals surface area contributed by atoms with Crippen LogP contribution < -0.4 is 0 Å². The number of amides is 1. The summed E-state index contributed by atoms with van der Waals surface area (Å²) in [4.78, 5) is 14.5. The van der Waals surface area contributed by atoms with Gasteiger partial charge in [-0.05, 0) is 35.2 Å². The molecule has 0 aromatic heterocycles. The molecule has 0 unspecified atom stereocenters. The number of alkyl halides is 3. The molecule has 1 heterocycles. The van der Waals surface area contributed by atoms with Crippen LogP contribution in [0.1, 0.15) is 47.9 Å². The smallest absolute Gasteiger partial charge is 0.373 e. The van der Waals surface area contributed by atoms with E-state index in [4.69, 9.17) is 4.74 Å². The molecule has 3 aromatic rings. The van der Waals surface area contributed by atoms with Crippen molar-refractivity contribution in [2.24, 2.45) is 5.92 Å². The summed E-state index contributed by atoms with van der Waals surface area (Å²) in [5.74, 6) is 0.136. The summed E-state index contributed by atoms with van der Waals surface area (Å²) >= 11 is 0. The Kier molecular flexibility index (Phi) is 7.91. The van der Waals surface area contributed by atoms with Crippen LogP contribution in [0.2, 0.25) is 0 Å². The number of carbonyl (C=O) groups excluding carboxylic acids is 1. The van der Waals surface area contributed by atoms with Crippen molar-refractivity contribution in [1.82, 2.24) is 4.90 Å². The number of piperidine rings is 1. The highest BCUT2D eigenvalue weighted by atomic mass is 19.4. The van der Waals surface area contributed by atoms with Crippen LogP contribution in [0.4, 0.5) is 13.2 Å². The van der Waals surface area contributed by atoms with Gasteiger partial charge >= 0.3 is 6.18 Å². The normalized spacial score (nSPS) is 18.6. The standard InChI is InChI=1S/C29H30F3NO2/c1-2-27(34)33-18-17-26(35-20-21-13-15-24(16-14-21)29(30,31)32)25(19-33)28(22-9-5-3-6-10-22)23-11-7-4-8-12-23/h3-16,25-26,28H,2,17-20H2,1H3/t25-,26+/m1/s1. The summed E-state index contributed by atoms with van der Waals surface area (Å²) in [6.07, 6.45) is -3.39. The van der Waals surface area contributed by atoms with E-state index in [9.17, 15) is 18.0 Å². The molecule has 2 atom stereocenters. The maximum Gasteiger partial charge on any atom is 0.416 e. The van der Waals surface area contributed by atoms with Gasteiger partial charge in [-0.1, -0.05) is 79.7 Å². The molecule has 0 saturated carbocycles. The molecule has 1 amide bonds. The van der Waals surface area contributed by atoms with E-state index in [-0.39, 0.29) is 30.5 Å². The summed E-state index contributed by atoms with van der Waals surface area (Å²) in [5.41, 5.74) is 2.33. The number of carbonyl (C=O) groups is 1. The van der Waals surface area contributed by atoms with Gasteiger partial charge in [0.05, 0.1) is 18.3 Å². The highest BCUT2D eigenvalue weighted by molar-refractivity contribution is 5.76. The third-order valence-electron chi connectivity index (χ3n) is 6.74. The van der Waals surface area contributed by atoms with Crippen molar-refractivity contribution in [2.45, 2.75) is 44.6 Å². The molecule has 1 aliphatic rings. The summed E-state index contributed by atoms with van der Waals surface area (Å²) in [6.45, 7) is 3.27. The Hall–Kier alpha value is -3.12. The number of hydrogen-bond donors (Lipinski definition) is 0. The lowest BCUT2D eigenvalue weighted by atomic mass is 9.75. The molecule has 35 heavy (non-hydrogen) atoms. The second kappa shape index (κ2) is 11.1. The van der Waals surface area contributed by atoms with E-state index in [1.807, 2.05) is 48.2 Å². The van der Waals surface area contributed by atoms with Gasteiger partial charge in [-0.3, -0.25) is 4.79 Å². The predicted molar refractivity (Wildman–Crippen MR) is 130 cm³/mol. The Bertz CT molecular complexity index is 1040. The van der Waals surface area contributed by atoms with Gasteiger partial charge in [0.2, 0.25) is 5.91 Å². The van der Waals surface area contributed by atoms with E-state index in [0.29, 0.717) is 31.5 Å². The van der Waals surface area contributed by atoms with Gasteiger partial charge < -0.3 is 9.64 Å². The van der Waals surface area contributed by atoms with E-state index < -0.39 is 11.7 Å². The quantitative estimate of drug-likeness (QED) is 0.377. The van der Waals surface area contributed by atoms with Gasteiger partial charge in [0.15, 0.2) is 0 Å². The molecule has 3 nitrogen and oxygen atoms in total. The predicted octanol–water partition coefficient (Wildman–Crippen LogP) is 6.68. The number of likely N-dealkylation sites (tertiary alicyclic amines) is 1. The minimum atomic E-state index is -4.36. The first-order chi connectivity index (χ1) is 16.9. The van der Waals surface area contributed by atoms with Crippen LogP contribution in [0.25, 0.3) is 0 Å². The molecular weight excluding hydrogens is 451 g/mol. The number of rotatable bonds is 7. The van der Waals surface area contributed by atoms with Crippen LogP contribution in [0.15, 0.2) is 84.9 Å². The van der Waals surface area contributed by atoms with Crippen LogP contribution in [-0.4, -0.2) is 30.0 Å². The van der Waals surface area contributed by atoms with Crippen LogP contribution in [0.3, 0.4) is 0 Å². The monoisotopic (exact) mass is 481 g/mol. The third kappa shape index (κ3) is 6.12. The molecule has 184 valence electrons. The Morgan fingerprint density at radius 2 is 1.51 bits per heavy atom. The van der Waals surface area contributed by atoms with Gasteiger partial charge in [0.1, 0.15) is 0 Å². The lowest BCUT2D eigenvalue weighted by Gasteiger charge is -2.42. The van der Waals surface area contributed by atoms with Gasteiger partial charge in [-0.15, -0.1) is 0 Å². The molecule has 1 fully saturated rings. The van der Waals surface area contributed by atoms with Crippen LogP contribution >= 0.6 is 0 Å². The number of hydrogen-bond acceptors (Lipinski definition) is 2. The van der Waals surface area contributed by atoms with Crippen molar-refractivity contribution in [3.8, 4) is 0 Å². The summed E-state index contributed by atoms with van der Waals surface area (Å²) in [7, 11) is 0. The first-order valence-electron chi connectivity index (χ1n) is 12.0. The fourth-order valence-corrected chi connectivity index (χ4v) is 4.94. The first-order valence-corrected chi connectivity index (χ1v) is 12.0. The summed E-state index contributed by atoms with van der Waals surface area (Å²) < 4.78 is 45.2. The fraction of sp³-hybridized carbons (Fsp3) is 0.345. The zero-order chi connectivity index (χ0) is 24.8. The molecule has 0 aliphatic carbocycles. The Labute approximate surface area is 204 Å². The molecule has 0 radical (unpaired) electrons. The Morgan fingerprint density at radius 1 is 0.943 bits per heavy atom. The highest BCUT2D eigenvalue weighted by Crippen LogP contribution is 2.39. The Morgan fingerprint density at radius 3 is 2.03 bits per heavy atom. The molecule has 1 aliphatic heterocycles. The maximum absolute atomic E-state index is 12.9. The van der Waals surface area contributed by atoms with Crippen LogP contribution in [0, 0.1) is 5.92 Å². The topological polar surface area (TPSA) is 29.5 Å². The van der Waals surface area contributed by atoms with E-state index >= 15 is 0 Å². The van der Waals surface area contributed by atoms with Gasteiger partial charge in [0, 0.05) is 31.3 Å². The molecule has 0 bridgehead atoms. The molecule has 4 rings (SSSR count). The fourth-order valence-electron chi connectivity index (χ4n) is 4.94. The second-order valence-electron chi connectivity index (χ2n) is 8.99. The van der Waals surface area contributed by atoms with Gasteiger partial charge in [-0.2, -0.15) is 13.2 Å². The largest absolute Gasteiger partial charge is 0.416 e. The average Bonchev–Trinajstić information content (AvgIpc) is 2.88. The molecule has 0 spiro atoms. The maximum atomic E-state index is 12.9. The van der Waals surface area contributed by atoms with Gasteiger partial charge in [0.25, 0.3) is 0 Å². The minimum Gasteiger partial charge on any atom is -0.373 e. The molecule has 6 heteroatoms. The summed E-state index contributed by atoms with van der Waals surface area (Å²) in [5, 5.41) is 0. The Balaban J connectivity index is 1.61. The minimum absolute atomic E-state index is 0.00139. The molecule has 1 saturated heterocycles. The number of nitrogens with zero attached hydrogens (tertiary/aromatic N) is 1. The van der Waals surface area contributed by atoms with E-state index in [0.717, 1.165) is 23.3 Å². The molecule has 3 aromatic carbocycles. The van der Waals surface area contributed by atoms with Crippen molar-refractivity contribution in [2.75, 3.05) is 13.1 Å². The number of halogens is 3. The highest BCUT2D eigenvalue weighted by Gasteiger charge is 2.38. The zero-order valence-electron chi connectivity index (χ0n) is 19.7. The summed E-state index contributed by atoms with van der Waals surface area (Å²) in [6, 6.07) is 25.6. The third-order valence-corrected chi connectivity index (χ3v) is 6.74. The van der Waals surface area contributed by atoms with Crippen molar-refractivity contribution >= 4 is 5.91 Å². The van der Waals surface area contributed by atoms with E-state index in [1.165, 1.54) is 12.1 Å². The average molecular weight is 482 g/mol. The van der Waals surface area contributed by atoms with E-state index in [2.05, 4.69) is 24.3 Å². The zero-order valence-corrected chi connectivity index (χ0v) is 19.7. The van der Waals surface area contributed by atoms with Crippen LogP contribution in [-0.2, 0) is 22.3 Å². The SMILES string of the molecule is CCC(=O)N1CC[C@H](OCc2ccc(C(F)(F)F)cc2)[C@H](C(c2ccccc2)c2ccccc2)C1. The van der Waals surface area contributed by atoms with Crippen molar-refractivity contribution in [3.63, 3.8) is 0 Å². The lowest BCUT2D eigenvalue weighted by molar-refractivity contribution is -0.138. The second-order valence-corrected chi connectivity index (χ2v) is 8.99. The lowest BCUT2D eigenvalue weighted by Crippen LogP contribution is -2.48. The number of ether oxygens (including phenoxy) is 1. The van der Waals surface area contributed by atoms with Crippen LogP contribution in [0.5, 0.6) is 0 Å². The molecule has 0 N–H and O–H groups in total.